The molecule has 112 valence electrons. The van der Waals surface area contributed by atoms with Crippen LogP contribution in [0, 0.1) is 5.82 Å². The molecule has 0 aliphatic carbocycles. The number of ether oxygens (including phenoxy) is 2. The Hall–Kier alpha value is -2.07. The summed E-state index contributed by atoms with van der Waals surface area (Å²) in [6.07, 6.45) is 0. The van der Waals surface area contributed by atoms with Gasteiger partial charge in [-0.05, 0) is 30.7 Å². The van der Waals surface area contributed by atoms with Crippen LogP contribution in [0.25, 0.3) is 0 Å². The maximum Gasteiger partial charge on any atom is 0.169 e. The van der Waals surface area contributed by atoms with Crippen molar-refractivity contribution >= 4 is 0 Å². The molecular weight excluding hydrogens is 269 g/mol. The maximum atomic E-state index is 14.0. The van der Waals surface area contributed by atoms with Crippen molar-refractivity contribution < 1.29 is 13.9 Å². The molecule has 4 heteroatoms. The van der Waals surface area contributed by atoms with Crippen LogP contribution in [0.15, 0.2) is 42.5 Å². The van der Waals surface area contributed by atoms with E-state index in [1.807, 2.05) is 31.2 Å². The summed E-state index contributed by atoms with van der Waals surface area (Å²) in [6.45, 7) is 2.48. The minimum absolute atomic E-state index is 0.113. The topological polar surface area (TPSA) is 30.5 Å². The van der Waals surface area contributed by atoms with Gasteiger partial charge in [0.15, 0.2) is 11.6 Å². The Morgan fingerprint density at radius 1 is 1.05 bits per heavy atom. The molecule has 0 unspecified atom stereocenters. The first-order valence-corrected chi connectivity index (χ1v) is 6.84. The Bertz CT molecular complexity index is 584. The number of halogens is 1. The fourth-order valence-corrected chi connectivity index (χ4v) is 2.12. The van der Waals surface area contributed by atoms with Crippen molar-refractivity contribution in [2.24, 2.45) is 0 Å². The highest BCUT2D eigenvalue weighted by atomic mass is 19.1. The van der Waals surface area contributed by atoms with Crippen LogP contribution < -0.4 is 14.8 Å². The van der Waals surface area contributed by atoms with E-state index in [1.54, 1.807) is 25.3 Å². The van der Waals surface area contributed by atoms with Crippen molar-refractivity contribution in [2.75, 3.05) is 14.2 Å². The lowest BCUT2D eigenvalue weighted by molar-refractivity contribution is 0.382. The lowest BCUT2D eigenvalue weighted by Gasteiger charge is -2.15. The van der Waals surface area contributed by atoms with Crippen molar-refractivity contribution in [1.82, 2.24) is 5.32 Å². The van der Waals surface area contributed by atoms with E-state index in [2.05, 4.69) is 5.32 Å². The molecule has 2 aromatic carbocycles. The largest absolute Gasteiger partial charge is 0.497 e. The van der Waals surface area contributed by atoms with E-state index in [0.717, 1.165) is 11.3 Å². The van der Waals surface area contributed by atoms with Crippen molar-refractivity contribution in [1.29, 1.82) is 0 Å². The standard InChI is InChI=1S/C17H20FNO2/c1-12(13-7-9-15(20-2)10-8-13)19-11-14-5-4-6-16(21-3)17(14)18/h4-10,12,19H,11H2,1-3H3/t12-/m1/s1. The lowest BCUT2D eigenvalue weighted by Crippen LogP contribution is -2.18. The van der Waals surface area contributed by atoms with Crippen LogP contribution in [-0.2, 0) is 6.54 Å². The van der Waals surface area contributed by atoms with Gasteiger partial charge < -0.3 is 14.8 Å². The van der Waals surface area contributed by atoms with Gasteiger partial charge in [0.2, 0.25) is 0 Å². The van der Waals surface area contributed by atoms with Gasteiger partial charge in [-0.3, -0.25) is 0 Å². The second kappa shape index (κ2) is 7.09. The van der Waals surface area contributed by atoms with Crippen molar-refractivity contribution in [3.63, 3.8) is 0 Å². The van der Waals surface area contributed by atoms with E-state index in [4.69, 9.17) is 9.47 Å². The summed E-state index contributed by atoms with van der Waals surface area (Å²) < 4.78 is 24.2. The Balaban J connectivity index is 2.01. The molecule has 0 aliphatic heterocycles. The number of hydrogen-bond donors (Lipinski definition) is 1. The first kappa shape index (κ1) is 15.3. The average Bonchev–Trinajstić information content (AvgIpc) is 2.53. The van der Waals surface area contributed by atoms with E-state index in [0.29, 0.717) is 12.1 Å². The Labute approximate surface area is 124 Å². The SMILES string of the molecule is COc1ccc([C@@H](C)NCc2cccc(OC)c2F)cc1. The fourth-order valence-electron chi connectivity index (χ4n) is 2.12. The molecule has 0 spiro atoms. The van der Waals surface area contributed by atoms with Gasteiger partial charge in [-0.2, -0.15) is 0 Å². The summed E-state index contributed by atoms with van der Waals surface area (Å²) >= 11 is 0. The molecule has 21 heavy (non-hydrogen) atoms. The van der Waals surface area contributed by atoms with E-state index in [9.17, 15) is 4.39 Å². The summed E-state index contributed by atoms with van der Waals surface area (Å²) in [6, 6.07) is 13.1. The first-order chi connectivity index (χ1) is 10.2. The number of hydrogen-bond acceptors (Lipinski definition) is 3. The summed E-state index contributed by atoms with van der Waals surface area (Å²) in [7, 11) is 3.11. The highest BCUT2D eigenvalue weighted by Gasteiger charge is 2.10. The fraction of sp³-hybridized carbons (Fsp3) is 0.294. The van der Waals surface area contributed by atoms with Crippen LogP contribution >= 0.6 is 0 Å². The summed E-state index contributed by atoms with van der Waals surface area (Å²) in [5.41, 5.74) is 1.72. The molecule has 0 bridgehead atoms. The average molecular weight is 289 g/mol. The minimum Gasteiger partial charge on any atom is -0.497 e. The van der Waals surface area contributed by atoms with Gasteiger partial charge in [0.1, 0.15) is 5.75 Å². The highest BCUT2D eigenvalue weighted by molar-refractivity contribution is 5.32. The number of methoxy groups -OCH3 is 2. The van der Waals surface area contributed by atoms with Gasteiger partial charge >= 0.3 is 0 Å². The monoisotopic (exact) mass is 289 g/mol. The van der Waals surface area contributed by atoms with Crippen LogP contribution in [0.4, 0.5) is 4.39 Å². The smallest absolute Gasteiger partial charge is 0.169 e. The lowest BCUT2D eigenvalue weighted by atomic mass is 10.1. The third-order valence-electron chi connectivity index (χ3n) is 3.48. The molecule has 0 saturated heterocycles. The van der Waals surface area contributed by atoms with Crippen LogP contribution in [0.2, 0.25) is 0 Å². The van der Waals surface area contributed by atoms with Crippen LogP contribution in [0.1, 0.15) is 24.1 Å². The third-order valence-corrected chi connectivity index (χ3v) is 3.48. The molecule has 0 amide bonds. The Kier molecular flexibility index (Phi) is 5.17. The molecule has 2 aromatic rings. The molecule has 0 aromatic heterocycles. The van der Waals surface area contributed by atoms with Gasteiger partial charge in [-0.15, -0.1) is 0 Å². The van der Waals surface area contributed by atoms with E-state index in [1.165, 1.54) is 7.11 Å². The van der Waals surface area contributed by atoms with Gasteiger partial charge in [-0.1, -0.05) is 24.3 Å². The van der Waals surface area contributed by atoms with Gasteiger partial charge in [0, 0.05) is 18.2 Å². The number of nitrogens with one attached hydrogen (secondary N) is 1. The minimum atomic E-state index is -0.311. The second-order valence-corrected chi connectivity index (χ2v) is 4.81. The van der Waals surface area contributed by atoms with Crippen LogP contribution in [0.3, 0.4) is 0 Å². The zero-order valence-electron chi connectivity index (χ0n) is 12.5. The molecule has 0 saturated carbocycles. The van der Waals surface area contributed by atoms with Crippen LogP contribution in [0.5, 0.6) is 11.5 Å². The van der Waals surface area contributed by atoms with E-state index >= 15 is 0 Å². The Morgan fingerprint density at radius 2 is 1.76 bits per heavy atom. The van der Waals surface area contributed by atoms with Crippen molar-refractivity contribution in [3.05, 3.63) is 59.4 Å². The Morgan fingerprint density at radius 3 is 2.38 bits per heavy atom. The summed E-state index contributed by atoms with van der Waals surface area (Å²) in [4.78, 5) is 0. The number of rotatable bonds is 6. The molecule has 0 heterocycles. The van der Waals surface area contributed by atoms with Crippen molar-refractivity contribution in [3.8, 4) is 11.5 Å². The second-order valence-electron chi connectivity index (χ2n) is 4.81. The zero-order chi connectivity index (χ0) is 15.2. The van der Waals surface area contributed by atoms with Gasteiger partial charge in [0.25, 0.3) is 0 Å². The van der Waals surface area contributed by atoms with Gasteiger partial charge in [0.05, 0.1) is 14.2 Å². The third kappa shape index (κ3) is 3.73. The molecular formula is C17H20FNO2. The highest BCUT2D eigenvalue weighted by Crippen LogP contribution is 2.21. The molecule has 2 rings (SSSR count). The normalized spacial score (nSPS) is 12.0. The predicted molar refractivity (Wildman–Crippen MR) is 81.2 cm³/mol. The van der Waals surface area contributed by atoms with Gasteiger partial charge in [-0.25, -0.2) is 4.39 Å². The summed E-state index contributed by atoms with van der Waals surface area (Å²) in [5, 5.41) is 3.31. The predicted octanol–water partition coefficient (Wildman–Crippen LogP) is 3.69. The first-order valence-electron chi connectivity index (χ1n) is 6.84. The molecule has 3 nitrogen and oxygen atoms in total. The number of benzene rings is 2. The zero-order valence-corrected chi connectivity index (χ0v) is 12.5. The molecule has 0 aliphatic rings. The summed E-state index contributed by atoms with van der Waals surface area (Å²) in [5.74, 6) is 0.783. The van der Waals surface area contributed by atoms with Crippen molar-refractivity contribution in [2.45, 2.75) is 19.5 Å². The molecule has 0 radical (unpaired) electrons. The van der Waals surface area contributed by atoms with Crippen LogP contribution in [-0.4, -0.2) is 14.2 Å². The molecule has 1 N–H and O–H groups in total. The van der Waals surface area contributed by atoms with E-state index in [-0.39, 0.29) is 17.6 Å². The molecule has 0 fully saturated rings. The maximum absolute atomic E-state index is 14.0. The van der Waals surface area contributed by atoms with E-state index < -0.39 is 0 Å². The molecule has 1 atom stereocenters. The quantitative estimate of drug-likeness (QED) is 0.879.